The summed E-state index contributed by atoms with van der Waals surface area (Å²) in [6.07, 6.45) is 4.95. The highest BCUT2D eigenvalue weighted by atomic mass is 16.6. The van der Waals surface area contributed by atoms with E-state index >= 15 is 0 Å². The van der Waals surface area contributed by atoms with Gasteiger partial charge in [-0.3, -0.25) is 19.7 Å². The molecule has 4 rings (SSSR count). The monoisotopic (exact) mass is 413 g/mol. The van der Waals surface area contributed by atoms with Gasteiger partial charge < -0.3 is 9.47 Å². The first-order valence-corrected chi connectivity index (χ1v) is 9.45. The molecule has 2 aliphatic carbocycles. The second kappa shape index (κ2) is 7.36. The lowest BCUT2D eigenvalue weighted by molar-refractivity contribution is -0.384. The van der Waals surface area contributed by atoms with Crippen molar-refractivity contribution in [3.63, 3.8) is 0 Å². The van der Waals surface area contributed by atoms with Gasteiger partial charge in [-0.05, 0) is 31.2 Å². The molecule has 3 aliphatic rings. The predicted octanol–water partition coefficient (Wildman–Crippen LogP) is 1.68. The molecule has 0 aromatic heterocycles. The molecule has 0 radical (unpaired) electrons. The number of non-ortho nitro benzene ring substituents is 1. The van der Waals surface area contributed by atoms with Crippen LogP contribution in [0.2, 0.25) is 0 Å². The van der Waals surface area contributed by atoms with Gasteiger partial charge in [0.2, 0.25) is 0 Å². The van der Waals surface area contributed by atoms with E-state index in [-0.39, 0.29) is 40.7 Å². The maximum absolute atomic E-state index is 12.7. The number of imide groups is 1. The number of hydrazone groups is 1. The van der Waals surface area contributed by atoms with Crippen molar-refractivity contribution >= 4 is 29.7 Å². The predicted molar refractivity (Wildman–Crippen MR) is 102 cm³/mol. The second-order valence-corrected chi connectivity index (χ2v) is 7.50. The van der Waals surface area contributed by atoms with Crippen molar-refractivity contribution < 1.29 is 28.8 Å². The van der Waals surface area contributed by atoms with Crippen LogP contribution in [0, 0.1) is 33.8 Å². The molecule has 2 bridgehead atoms. The molecule has 10 nitrogen and oxygen atoms in total. The molecule has 0 N–H and O–H groups in total. The molecule has 5 atom stereocenters. The third kappa shape index (κ3) is 3.14. The van der Waals surface area contributed by atoms with Crippen LogP contribution in [0.15, 0.2) is 35.5 Å². The Labute approximate surface area is 171 Å². The van der Waals surface area contributed by atoms with E-state index in [1.54, 1.807) is 0 Å². The van der Waals surface area contributed by atoms with E-state index in [4.69, 9.17) is 4.74 Å². The number of fused-ring (bicyclic) bond motifs is 5. The molecule has 1 saturated heterocycles. The number of carbonyl (C=O) groups is 3. The van der Waals surface area contributed by atoms with Crippen molar-refractivity contribution in [1.29, 1.82) is 0 Å². The van der Waals surface area contributed by atoms with Crippen molar-refractivity contribution in [2.24, 2.45) is 28.8 Å². The van der Waals surface area contributed by atoms with Crippen LogP contribution in [0.25, 0.3) is 0 Å². The fourth-order valence-electron chi connectivity index (χ4n) is 4.38. The molecule has 156 valence electrons. The first kappa shape index (κ1) is 19.7. The zero-order valence-electron chi connectivity index (χ0n) is 16.3. The summed E-state index contributed by atoms with van der Waals surface area (Å²) in [4.78, 5) is 47.7. The summed E-state index contributed by atoms with van der Waals surface area (Å²) >= 11 is 0. The maximum atomic E-state index is 12.7. The van der Waals surface area contributed by atoms with Crippen molar-refractivity contribution in [2.45, 2.75) is 19.4 Å². The van der Waals surface area contributed by atoms with Gasteiger partial charge in [0.05, 0.1) is 30.1 Å². The van der Waals surface area contributed by atoms with E-state index in [0.717, 1.165) is 11.4 Å². The normalized spacial score (nSPS) is 27.6. The van der Waals surface area contributed by atoms with Gasteiger partial charge in [0, 0.05) is 17.7 Å². The highest BCUT2D eigenvalue weighted by Gasteiger charge is 2.59. The molecule has 1 aromatic carbocycles. The molecule has 0 unspecified atom stereocenters. The lowest BCUT2D eigenvalue weighted by Gasteiger charge is -2.15. The first-order valence-electron chi connectivity index (χ1n) is 9.45. The van der Waals surface area contributed by atoms with Crippen molar-refractivity contribution in [3.05, 3.63) is 46.0 Å². The van der Waals surface area contributed by atoms with Gasteiger partial charge in [-0.25, -0.2) is 4.79 Å². The SMILES string of the molecule is COC(=O)[C@@H](C)Oc1ccc([N+](=O)[O-])cc1C=NN1C(=O)[C@@H]2[C@H](C1=O)[C@H]1C=C[C@H]2C1. The zero-order chi connectivity index (χ0) is 21.6. The van der Waals surface area contributed by atoms with E-state index in [2.05, 4.69) is 9.84 Å². The van der Waals surface area contributed by atoms with Crippen molar-refractivity contribution in [1.82, 2.24) is 5.01 Å². The Morgan fingerprint density at radius 2 is 1.90 bits per heavy atom. The van der Waals surface area contributed by atoms with Crippen LogP contribution in [-0.2, 0) is 19.1 Å². The third-order valence-electron chi connectivity index (χ3n) is 5.80. The molecule has 10 heteroatoms. The van der Waals surface area contributed by atoms with E-state index in [9.17, 15) is 24.5 Å². The molecule has 1 aliphatic heterocycles. The summed E-state index contributed by atoms with van der Waals surface area (Å²) in [5, 5.41) is 16.0. The molecule has 2 fully saturated rings. The summed E-state index contributed by atoms with van der Waals surface area (Å²) in [6, 6.07) is 3.74. The Bertz CT molecular complexity index is 972. The van der Waals surface area contributed by atoms with E-state index < -0.39 is 28.8 Å². The van der Waals surface area contributed by atoms with Crippen LogP contribution in [0.5, 0.6) is 5.75 Å². The minimum absolute atomic E-state index is 0.0502. The Kier molecular flexibility index (Phi) is 4.84. The molecule has 1 saturated carbocycles. The summed E-state index contributed by atoms with van der Waals surface area (Å²) < 4.78 is 10.1. The van der Waals surface area contributed by atoms with Gasteiger partial charge in [-0.2, -0.15) is 10.1 Å². The number of benzene rings is 1. The van der Waals surface area contributed by atoms with E-state index in [0.29, 0.717) is 0 Å². The highest BCUT2D eigenvalue weighted by Crippen LogP contribution is 2.52. The lowest BCUT2D eigenvalue weighted by atomic mass is 9.85. The van der Waals surface area contributed by atoms with Crippen LogP contribution in [-0.4, -0.2) is 47.1 Å². The van der Waals surface area contributed by atoms with Crippen LogP contribution >= 0.6 is 0 Å². The molecule has 30 heavy (non-hydrogen) atoms. The zero-order valence-corrected chi connectivity index (χ0v) is 16.3. The number of rotatable bonds is 6. The van der Waals surface area contributed by atoms with Gasteiger partial charge >= 0.3 is 5.97 Å². The summed E-state index contributed by atoms with van der Waals surface area (Å²) in [5.74, 6) is -1.93. The lowest BCUT2D eigenvalue weighted by Crippen LogP contribution is -2.28. The molecule has 1 aromatic rings. The maximum Gasteiger partial charge on any atom is 0.346 e. The minimum Gasteiger partial charge on any atom is -0.478 e. The largest absolute Gasteiger partial charge is 0.478 e. The van der Waals surface area contributed by atoms with Crippen LogP contribution in [0.3, 0.4) is 0 Å². The van der Waals surface area contributed by atoms with E-state index in [1.165, 1.54) is 38.4 Å². The molecular formula is C20H19N3O7. The Morgan fingerprint density at radius 1 is 1.27 bits per heavy atom. The standard InChI is InChI=1S/C20H19N3O7/c1-10(20(26)29-2)30-15-6-5-14(23(27)28)8-13(15)9-21-22-18(24)16-11-3-4-12(7-11)17(16)19(22)25/h3-6,8-12,16-17H,7H2,1-2H3/t10-,11+,12+,16-,17+/m1/s1. The van der Waals surface area contributed by atoms with E-state index in [1.807, 2.05) is 12.2 Å². The average molecular weight is 413 g/mol. The number of nitro groups is 1. The highest BCUT2D eigenvalue weighted by molar-refractivity contribution is 6.07. The fraction of sp³-hybridized carbons (Fsp3) is 0.400. The van der Waals surface area contributed by atoms with Crippen molar-refractivity contribution in [2.75, 3.05) is 7.11 Å². The summed E-state index contributed by atoms with van der Waals surface area (Å²) in [6.45, 7) is 1.46. The van der Waals surface area contributed by atoms with Crippen LogP contribution in [0.4, 0.5) is 5.69 Å². The molecule has 1 heterocycles. The fourth-order valence-corrected chi connectivity index (χ4v) is 4.38. The Balaban J connectivity index is 1.61. The number of nitrogens with zero attached hydrogens (tertiary/aromatic N) is 3. The molecule has 2 amide bonds. The van der Waals surface area contributed by atoms with Gasteiger partial charge in [0.15, 0.2) is 6.10 Å². The van der Waals surface area contributed by atoms with Crippen LogP contribution < -0.4 is 4.74 Å². The number of amides is 2. The number of ether oxygens (including phenoxy) is 2. The number of nitro benzene ring substituents is 1. The number of hydrogen-bond donors (Lipinski definition) is 0. The molecule has 0 spiro atoms. The van der Waals surface area contributed by atoms with Gasteiger partial charge in [0.1, 0.15) is 5.75 Å². The summed E-state index contributed by atoms with van der Waals surface area (Å²) in [5.41, 5.74) is -0.0774. The van der Waals surface area contributed by atoms with Gasteiger partial charge in [0.25, 0.3) is 17.5 Å². The summed E-state index contributed by atoms with van der Waals surface area (Å²) in [7, 11) is 1.21. The number of carbonyl (C=O) groups excluding carboxylic acids is 3. The Morgan fingerprint density at radius 3 is 2.47 bits per heavy atom. The van der Waals surface area contributed by atoms with Crippen LogP contribution in [0.1, 0.15) is 18.9 Å². The second-order valence-electron chi connectivity index (χ2n) is 7.50. The topological polar surface area (TPSA) is 128 Å². The number of allylic oxidation sites excluding steroid dienone is 2. The minimum atomic E-state index is -0.972. The number of hydrogen-bond acceptors (Lipinski definition) is 8. The van der Waals surface area contributed by atoms with Gasteiger partial charge in [-0.1, -0.05) is 12.2 Å². The van der Waals surface area contributed by atoms with Gasteiger partial charge in [-0.15, -0.1) is 0 Å². The quantitative estimate of drug-likeness (QED) is 0.173. The van der Waals surface area contributed by atoms with Crippen molar-refractivity contribution in [3.8, 4) is 5.75 Å². The molecular weight excluding hydrogens is 394 g/mol. The Hall–Kier alpha value is -3.56. The average Bonchev–Trinajstić information content (AvgIpc) is 3.41. The third-order valence-corrected chi connectivity index (χ3v) is 5.80. The smallest absolute Gasteiger partial charge is 0.346 e. The first-order chi connectivity index (χ1) is 14.3. The number of methoxy groups -OCH3 is 1. The number of esters is 1.